The summed E-state index contributed by atoms with van der Waals surface area (Å²) in [7, 11) is -10.3. The van der Waals surface area contributed by atoms with E-state index in [0.717, 1.165) is 0 Å². The monoisotopic (exact) mass is 296 g/mol. The molecule has 0 aromatic rings. The fraction of sp³-hybridized carbons (Fsp3) is 0. The maximum absolute atomic E-state index is 10.1. The number of hydrogen-bond acceptors (Lipinski definition) is 5. The molecule has 10 nitrogen and oxygen atoms in total. The number of hydrogen-bond donors (Lipinski definition) is 5. The molecule has 0 atom stereocenters. The molecular weight excluding hydrogens is 289 g/mol. The van der Waals surface area contributed by atoms with Crippen molar-refractivity contribution in [1.29, 1.82) is 0 Å². The second-order valence-electron chi connectivity index (χ2n) is 1.35. The molecule has 0 saturated carbocycles. The minimum atomic E-state index is -5.64. The smallest absolute Gasteiger partial charge is 0.786 e. The molecule has 15 heavy (non-hydrogen) atoms. The number of halogens is 1. The minimum absolute atomic E-state index is 0. The fourth-order valence-corrected chi connectivity index (χ4v) is 0. The van der Waals surface area contributed by atoms with Crippen LogP contribution in [-0.4, -0.2) is 58.4 Å². The zero-order valence-electron chi connectivity index (χ0n) is 7.02. The van der Waals surface area contributed by atoms with Gasteiger partial charge in [-0.2, -0.15) is 0 Å². The van der Waals surface area contributed by atoms with Crippen LogP contribution in [0.25, 0.3) is 0 Å². The molecule has 0 rings (SSSR count). The van der Waals surface area contributed by atoms with Gasteiger partial charge in [-0.15, -0.1) is 0 Å². The molecule has 0 unspecified atom stereocenters. The molecule has 0 aromatic heterocycles. The standard InChI is InChI=1S/CH4N2O.Ca.FH2O3P.H3O4P/c2-1(3)4;;2*1-5(2,3)4/h(H4,2,3,4);;(H2,2,3,4);(H3,1,2,3,4)/q;+2;;/p-2. The van der Waals surface area contributed by atoms with Gasteiger partial charge in [0.05, 0.1) is 0 Å². The first kappa shape index (κ1) is 24.8. The van der Waals surface area contributed by atoms with Gasteiger partial charge in [-0.25, -0.2) is 13.6 Å². The Balaban J connectivity index is -0.0000000590. The van der Waals surface area contributed by atoms with Gasteiger partial charge >= 0.3 is 51.6 Å². The van der Waals surface area contributed by atoms with E-state index in [-0.39, 0.29) is 37.7 Å². The first-order chi connectivity index (χ1) is 5.73. The molecule has 0 saturated heterocycles. The number of urea groups is 1. The van der Waals surface area contributed by atoms with E-state index in [0.29, 0.717) is 0 Å². The quantitative estimate of drug-likeness (QED) is 0.223. The number of carbonyl (C=O) groups is 1. The molecule has 0 aliphatic carbocycles. The van der Waals surface area contributed by atoms with E-state index >= 15 is 0 Å². The van der Waals surface area contributed by atoms with Gasteiger partial charge in [0.2, 0.25) is 0 Å². The maximum atomic E-state index is 10.1. The molecule has 0 fully saturated rings. The number of rotatable bonds is 0. The van der Waals surface area contributed by atoms with E-state index < -0.39 is 21.8 Å². The van der Waals surface area contributed by atoms with Crippen molar-refractivity contribution in [3.8, 4) is 0 Å². The Morgan fingerprint density at radius 2 is 1.13 bits per heavy atom. The van der Waals surface area contributed by atoms with Crippen LogP contribution in [-0.2, 0) is 9.13 Å². The van der Waals surface area contributed by atoms with E-state index in [1.165, 1.54) is 0 Å². The van der Waals surface area contributed by atoms with Crippen LogP contribution in [0.15, 0.2) is 0 Å². The van der Waals surface area contributed by atoms with E-state index in [1.807, 2.05) is 0 Å². The Kier molecular flexibility index (Phi) is 18.5. The van der Waals surface area contributed by atoms with Crippen LogP contribution in [0.2, 0.25) is 0 Å². The molecule has 0 spiro atoms. The van der Waals surface area contributed by atoms with Crippen LogP contribution >= 0.6 is 15.7 Å². The molecule has 0 aliphatic heterocycles. The minimum Gasteiger partial charge on any atom is -0.786 e. The Hall–Kier alpha value is 0.720. The van der Waals surface area contributed by atoms with Crippen molar-refractivity contribution in [3.05, 3.63) is 0 Å². The summed E-state index contributed by atoms with van der Waals surface area (Å²) in [4.78, 5) is 47.4. The van der Waals surface area contributed by atoms with Crippen molar-refractivity contribution >= 4 is 59.5 Å². The van der Waals surface area contributed by atoms with E-state index in [1.54, 1.807) is 0 Å². The van der Waals surface area contributed by atoms with Crippen LogP contribution < -0.4 is 21.3 Å². The molecule has 0 bridgehead atoms. The Morgan fingerprint density at radius 3 is 1.13 bits per heavy atom. The molecule has 0 heterocycles. The molecule has 88 valence electrons. The van der Waals surface area contributed by atoms with Crippen molar-refractivity contribution in [2.75, 3.05) is 0 Å². The van der Waals surface area contributed by atoms with Crippen molar-refractivity contribution < 1.29 is 42.6 Å². The third-order valence-corrected chi connectivity index (χ3v) is 0. The number of phosphoric acid groups is 1. The van der Waals surface area contributed by atoms with Gasteiger partial charge in [-0.1, -0.05) is 0 Å². The van der Waals surface area contributed by atoms with Crippen molar-refractivity contribution in [1.82, 2.24) is 0 Å². The maximum Gasteiger partial charge on any atom is 2.00 e. The molecule has 0 radical (unpaired) electrons. The first-order valence-electron chi connectivity index (χ1n) is 2.28. The van der Waals surface area contributed by atoms with E-state index in [4.69, 9.17) is 38.4 Å². The van der Waals surface area contributed by atoms with Gasteiger partial charge in [0.15, 0.2) is 0 Å². The molecule has 7 N–H and O–H groups in total. The molecule has 2 amide bonds. The molecule has 0 aliphatic rings. The SMILES string of the molecule is NC(N)=O.O=P(O)(O)O.O=P([O-])([O-])F.[Ca+2]. The summed E-state index contributed by atoms with van der Waals surface area (Å²) in [5.74, 6) is 0. The summed E-state index contributed by atoms with van der Waals surface area (Å²) >= 11 is 0. The Bertz CT molecular complexity index is 206. The normalized spacial score (nSPS) is 9.47. The molecule has 0 aromatic carbocycles. The third kappa shape index (κ3) is 4600. The number of amides is 2. The van der Waals surface area contributed by atoms with E-state index in [9.17, 15) is 4.20 Å². The van der Waals surface area contributed by atoms with E-state index in [2.05, 4.69) is 11.5 Å². The average molecular weight is 296 g/mol. The predicted molar refractivity (Wildman–Crippen MR) is 42.5 cm³/mol. The van der Waals surface area contributed by atoms with Crippen molar-refractivity contribution in [2.24, 2.45) is 11.5 Å². The summed E-state index contributed by atoms with van der Waals surface area (Å²) in [6, 6.07) is -0.833. The second-order valence-corrected chi connectivity index (χ2v) is 3.23. The third-order valence-electron chi connectivity index (χ3n) is 0. The second kappa shape index (κ2) is 11.2. The predicted octanol–water partition coefficient (Wildman–Crippen LogP) is -3.50. The van der Waals surface area contributed by atoms with Crippen LogP contribution in [0.5, 0.6) is 0 Å². The molecule has 14 heteroatoms. The number of primary amides is 2. The van der Waals surface area contributed by atoms with Crippen LogP contribution in [0.4, 0.5) is 8.99 Å². The summed E-state index contributed by atoms with van der Waals surface area (Å²) in [5, 5.41) is 0. The Morgan fingerprint density at radius 1 is 1.13 bits per heavy atom. The van der Waals surface area contributed by atoms with Crippen LogP contribution in [0.3, 0.4) is 0 Å². The Labute approximate surface area is 113 Å². The number of carbonyl (C=O) groups excluding carboxylic acids is 1. The summed E-state index contributed by atoms with van der Waals surface area (Å²) in [6.45, 7) is 0. The molecular formula is CH7CaFN2O8P2. The zero-order chi connectivity index (χ0) is 12.6. The largest absolute Gasteiger partial charge is 2.00 e. The van der Waals surface area contributed by atoms with Crippen LogP contribution in [0, 0.1) is 0 Å². The first-order valence-corrected chi connectivity index (χ1v) is 5.28. The zero-order valence-corrected chi connectivity index (χ0v) is 11.0. The van der Waals surface area contributed by atoms with Crippen molar-refractivity contribution in [2.45, 2.75) is 0 Å². The van der Waals surface area contributed by atoms with Gasteiger partial charge < -0.3 is 40.5 Å². The summed E-state index contributed by atoms with van der Waals surface area (Å²) in [5.41, 5.74) is 8.50. The summed E-state index contributed by atoms with van der Waals surface area (Å²) in [6.07, 6.45) is 0. The fourth-order valence-electron chi connectivity index (χ4n) is 0. The average Bonchev–Trinajstić information content (AvgIpc) is 1.45. The van der Waals surface area contributed by atoms with Gasteiger partial charge in [0.1, 0.15) is 7.91 Å². The van der Waals surface area contributed by atoms with Gasteiger partial charge in [-0.3, -0.25) is 0 Å². The van der Waals surface area contributed by atoms with Gasteiger partial charge in [-0.05, 0) is 0 Å². The van der Waals surface area contributed by atoms with Gasteiger partial charge in [0, 0.05) is 0 Å². The van der Waals surface area contributed by atoms with Gasteiger partial charge in [0.25, 0.3) is 0 Å². The topological polar surface area (TPSA) is 210 Å². The van der Waals surface area contributed by atoms with Crippen molar-refractivity contribution in [3.63, 3.8) is 0 Å². The van der Waals surface area contributed by atoms with Crippen LogP contribution in [0.1, 0.15) is 0 Å². The summed E-state index contributed by atoms with van der Waals surface area (Å²) < 4.78 is 27.5. The number of nitrogens with two attached hydrogens (primary N) is 2.